The van der Waals surface area contributed by atoms with Gasteiger partial charge in [0, 0.05) is 39.0 Å². The molecule has 0 fully saturated rings. The van der Waals surface area contributed by atoms with Crippen LogP contribution in [0.1, 0.15) is 0 Å². The highest BCUT2D eigenvalue weighted by Crippen LogP contribution is 2.42. The number of hydrogen-bond acceptors (Lipinski definition) is 1. The topological polar surface area (TPSA) is 22.8 Å². The van der Waals surface area contributed by atoms with Gasteiger partial charge in [0.15, 0.2) is 0 Å². The average Bonchev–Trinajstić information content (AvgIpc) is 3.90. The van der Waals surface area contributed by atoms with Gasteiger partial charge in [-0.15, -0.1) is 0 Å². The largest absolute Gasteiger partial charge is 0.309 e. The lowest BCUT2D eigenvalue weighted by molar-refractivity contribution is 1.08. The summed E-state index contributed by atoms with van der Waals surface area (Å²) in [7, 11) is 0. The summed E-state index contributed by atoms with van der Waals surface area (Å²) in [6, 6.07) is 83.8. The molecule has 0 unspecified atom stereocenters. The molecular formula is C61H39N3. The van der Waals surface area contributed by atoms with Crippen LogP contribution in [0, 0.1) is 0 Å². The van der Waals surface area contributed by atoms with Crippen LogP contribution in [-0.2, 0) is 0 Å². The van der Waals surface area contributed by atoms with Crippen molar-refractivity contribution in [3.63, 3.8) is 0 Å². The number of rotatable bonds is 6. The van der Waals surface area contributed by atoms with Crippen molar-refractivity contribution in [3.8, 4) is 56.0 Å². The lowest BCUT2D eigenvalue weighted by atomic mass is 9.99. The highest BCUT2D eigenvalue weighted by Gasteiger charge is 2.19. The number of aromatic nitrogens is 3. The maximum Gasteiger partial charge on any atom is 0.137 e. The van der Waals surface area contributed by atoms with Crippen LogP contribution in [0.15, 0.2) is 237 Å². The Morgan fingerprint density at radius 3 is 1.22 bits per heavy atom. The molecule has 3 nitrogen and oxygen atoms in total. The fraction of sp³-hybridized carbons (Fsp3) is 0. The summed E-state index contributed by atoms with van der Waals surface area (Å²) < 4.78 is 4.79. The summed E-state index contributed by atoms with van der Waals surface area (Å²) >= 11 is 0. The van der Waals surface area contributed by atoms with Crippen LogP contribution in [0.3, 0.4) is 0 Å². The molecule has 0 bridgehead atoms. The molecule has 3 heteroatoms. The lowest BCUT2D eigenvalue weighted by Crippen LogP contribution is -1.97. The van der Waals surface area contributed by atoms with Gasteiger partial charge in [-0.2, -0.15) is 0 Å². The van der Waals surface area contributed by atoms with Gasteiger partial charge in [-0.3, -0.25) is 4.57 Å². The molecule has 0 atom stereocenters. The van der Waals surface area contributed by atoms with Gasteiger partial charge in [0.05, 0.1) is 22.1 Å². The maximum atomic E-state index is 5.12. The molecule has 13 rings (SSSR count). The Morgan fingerprint density at radius 2 is 0.688 bits per heavy atom. The van der Waals surface area contributed by atoms with Crippen LogP contribution in [0.25, 0.3) is 121 Å². The van der Waals surface area contributed by atoms with E-state index in [1.165, 1.54) is 76.4 Å². The minimum Gasteiger partial charge on any atom is -0.309 e. The van der Waals surface area contributed by atoms with Gasteiger partial charge in [-0.1, -0.05) is 182 Å². The van der Waals surface area contributed by atoms with E-state index in [1.54, 1.807) is 0 Å². The van der Waals surface area contributed by atoms with Crippen LogP contribution in [0.2, 0.25) is 0 Å². The average molecular weight is 814 g/mol. The van der Waals surface area contributed by atoms with Gasteiger partial charge in [0.2, 0.25) is 0 Å². The molecule has 0 aliphatic rings. The van der Waals surface area contributed by atoms with Crippen LogP contribution in [-0.4, -0.2) is 14.1 Å². The van der Waals surface area contributed by atoms with Crippen molar-refractivity contribution in [3.05, 3.63) is 237 Å². The lowest BCUT2D eigenvalue weighted by Gasteiger charge is -2.12. The number of fused-ring (bicyclic) bond motifs is 10. The first-order chi connectivity index (χ1) is 31.7. The third-order valence-electron chi connectivity index (χ3n) is 13.2. The molecule has 3 heterocycles. The number of pyridine rings is 1. The molecule has 0 saturated carbocycles. The van der Waals surface area contributed by atoms with Crippen LogP contribution >= 0.6 is 0 Å². The third-order valence-corrected chi connectivity index (χ3v) is 13.2. The summed E-state index contributed by atoms with van der Waals surface area (Å²) in [6.07, 6.45) is 2.00. The Labute approximate surface area is 370 Å². The van der Waals surface area contributed by atoms with Crippen molar-refractivity contribution in [1.82, 2.24) is 14.1 Å². The summed E-state index contributed by atoms with van der Waals surface area (Å²) in [5.41, 5.74) is 15.2. The molecule has 0 saturated heterocycles. The highest BCUT2D eigenvalue weighted by molar-refractivity contribution is 6.23. The van der Waals surface area contributed by atoms with Crippen molar-refractivity contribution >= 4 is 65.2 Å². The first-order valence-corrected chi connectivity index (χ1v) is 21.9. The van der Waals surface area contributed by atoms with Crippen molar-refractivity contribution in [2.75, 3.05) is 0 Å². The standard InChI is InChI=1S/C61H39N3/c1-3-11-40(12-4-1)42-19-21-43(22-20-42)44-23-30-50(31-24-44)63-55-34-27-45-15-7-9-17-51(45)60(55)53-32-25-47(37-57(53)63)48-26-33-54-58(38-48)64(56-35-28-46-16-8-10-18-52(46)61(54)56)59-36-29-49(39-62-59)41-13-5-2-6-14-41/h1-39H. The van der Waals surface area contributed by atoms with Gasteiger partial charge in [0.1, 0.15) is 5.82 Å². The molecule has 64 heavy (non-hydrogen) atoms. The van der Waals surface area contributed by atoms with E-state index in [0.29, 0.717) is 0 Å². The van der Waals surface area contributed by atoms with Crippen molar-refractivity contribution in [2.45, 2.75) is 0 Å². The molecule has 0 amide bonds. The molecule has 0 aliphatic carbocycles. The molecule has 0 N–H and O–H groups in total. The number of benzene rings is 10. The predicted molar refractivity (Wildman–Crippen MR) is 270 cm³/mol. The zero-order chi connectivity index (χ0) is 42.1. The predicted octanol–water partition coefficient (Wildman–Crippen LogP) is 16.3. The molecule has 3 aromatic heterocycles. The zero-order valence-corrected chi connectivity index (χ0v) is 34.9. The first-order valence-electron chi connectivity index (χ1n) is 21.9. The summed E-state index contributed by atoms with van der Waals surface area (Å²) in [6.45, 7) is 0. The Hall–Kier alpha value is -8.53. The smallest absolute Gasteiger partial charge is 0.137 e. The van der Waals surface area contributed by atoms with E-state index in [4.69, 9.17) is 4.98 Å². The SMILES string of the molecule is c1ccc(-c2ccc(-c3ccc(-n4c5cc(-c6ccc7c8c9ccccc9ccc8n(-c8ccc(-c9ccccc9)cn8)c7c6)ccc5c5c6ccccc6ccc54)cc3)cc2)cc1. The quantitative estimate of drug-likeness (QED) is 0.164. The fourth-order valence-corrected chi connectivity index (χ4v) is 10.1. The molecule has 0 spiro atoms. The second-order valence-corrected chi connectivity index (χ2v) is 16.8. The fourth-order valence-electron chi connectivity index (χ4n) is 10.1. The van der Waals surface area contributed by atoms with Crippen LogP contribution in [0.5, 0.6) is 0 Å². The molecular weight excluding hydrogens is 775 g/mol. The summed E-state index contributed by atoms with van der Waals surface area (Å²) in [5.74, 6) is 0.894. The molecule has 298 valence electrons. The Morgan fingerprint density at radius 1 is 0.266 bits per heavy atom. The van der Waals surface area contributed by atoms with Gasteiger partial charge in [-0.25, -0.2) is 4.98 Å². The molecule has 0 radical (unpaired) electrons. The van der Waals surface area contributed by atoms with Crippen molar-refractivity contribution < 1.29 is 0 Å². The van der Waals surface area contributed by atoms with E-state index in [-0.39, 0.29) is 0 Å². The number of nitrogens with zero attached hydrogens (tertiary/aromatic N) is 3. The van der Waals surface area contributed by atoms with Crippen LogP contribution in [0.4, 0.5) is 0 Å². The van der Waals surface area contributed by atoms with E-state index in [0.717, 1.165) is 44.8 Å². The number of hydrogen-bond donors (Lipinski definition) is 0. The molecule has 13 aromatic rings. The minimum absolute atomic E-state index is 0.894. The van der Waals surface area contributed by atoms with Gasteiger partial charge in [0.25, 0.3) is 0 Å². The van der Waals surface area contributed by atoms with Gasteiger partial charge >= 0.3 is 0 Å². The maximum absolute atomic E-state index is 5.12. The molecule has 10 aromatic carbocycles. The Balaban J connectivity index is 0.976. The summed E-state index contributed by atoms with van der Waals surface area (Å²) in [4.78, 5) is 5.12. The Bertz CT molecular complexity index is 3900. The monoisotopic (exact) mass is 813 g/mol. The summed E-state index contributed by atoms with van der Waals surface area (Å²) in [5, 5.41) is 9.93. The van der Waals surface area contributed by atoms with E-state index in [1.807, 2.05) is 6.20 Å². The van der Waals surface area contributed by atoms with E-state index in [2.05, 4.69) is 240 Å². The second kappa shape index (κ2) is 14.5. The van der Waals surface area contributed by atoms with Gasteiger partial charge < -0.3 is 4.57 Å². The highest BCUT2D eigenvalue weighted by atomic mass is 15.1. The Kier molecular flexibility index (Phi) is 8.22. The van der Waals surface area contributed by atoms with Crippen LogP contribution < -0.4 is 0 Å². The first kappa shape index (κ1) is 36.2. The van der Waals surface area contributed by atoms with Crippen molar-refractivity contribution in [1.29, 1.82) is 0 Å². The minimum atomic E-state index is 0.894. The van der Waals surface area contributed by atoms with Crippen molar-refractivity contribution in [2.24, 2.45) is 0 Å². The van der Waals surface area contributed by atoms with E-state index in [9.17, 15) is 0 Å². The second-order valence-electron chi connectivity index (χ2n) is 16.8. The van der Waals surface area contributed by atoms with Gasteiger partial charge in [-0.05, 0) is 109 Å². The normalized spacial score (nSPS) is 11.8. The zero-order valence-electron chi connectivity index (χ0n) is 34.9. The molecule has 0 aliphatic heterocycles. The van der Waals surface area contributed by atoms with E-state index < -0.39 is 0 Å². The van der Waals surface area contributed by atoms with E-state index >= 15 is 0 Å². The third kappa shape index (κ3) is 5.79.